The van der Waals surface area contributed by atoms with Gasteiger partial charge in [0.05, 0.1) is 19.8 Å². The van der Waals surface area contributed by atoms with Crippen LogP contribution in [0.5, 0.6) is 0 Å². The highest BCUT2D eigenvalue weighted by Crippen LogP contribution is 2.22. The molecule has 0 amide bonds. The Bertz CT molecular complexity index is 431. The summed E-state index contributed by atoms with van der Waals surface area (Å²) in [6.45, 7) is 8.79. The SMILES string of the molecule is C[C@H](NC[C@@H]([C@@H]1CCOC1)N1CCOCC1)c1ccncc1. The van der Waals surface area contributed by atoms with Crippen LogP contribution in [-0.4, -0.2) is 62.0 Å². The lowest BCUT2D eigenvalue weighted by Gasteiger charge is -2.38. The van der Waals surface area contributed by atoms with Gasteiger partial charge in [-0.3, -0.25) is 9.88 Å². The van der Waals surface area contributed by atoms with E-state index in [0.29, 0.717) is 18.0 Å². The van der Waals surface area contributed by atoms with Crippen molar-refractivity contribution in [3.05, 3.63) is 30.1 Å². The average Bonchev–Trinajstić information content (AvgIpc) is 3.11. The molecule has 3 heterocycles. The predicted octanol–water partition coefficient (Wildman–Crippen LogP) is 1.47. The minimum atomic E-state index is 0.342. The minimum absolute atomic E-state index is 0.342. The third-order valence-electron chi connectivity index (χ3n) is 4.86. The molecule has 5 nitrogen and oxygen atoms in total. The summed E-state index contributed by atoms with van der Waals surface area (Å²) in [4.78, 5) is 6.67. The zero-order chi connectivity index (χ0) is 15.2. The largest absolute Gasteiger partial charge is 0.381 e. The van der Waals surface area contributed by atoms with E-state index in [4.69, 9.17) is 9.47 Å². The second kappa shape index (κ2) is 8.02. The molecule has 5 heteroatoms. The molecule has 1 aromatic rings. The summed E-state index contributed by atoms with van der Waals surface area (Å²) in [5.74, 6) is 0.634. The van der Waals surface area contributed by atoms with E-state index in [0.717, 1.165) is 46.1 Å². The Morgan fingerprint density at radius 3 is 2.68 bits per heavy atom. The maximum atomic E-state index is 5.63. The molecule has 0 unspecified atom stereocenters. The Balaban J connectivity index is 1.59. The van der Waals surface area contributed by atoms with E-state index >= 15 is 0 Å². The molecule has 0 bridgehead atoms. The summed E-state index contributed by atoms with van der Waals surface area (Å²) in [6.07, 6.45) is 4.89. The van der Waals surface area contributed by atoms with Crippen LogP contribution in [0.2, 0.25) is 0 Å². The first-order valence-corrected chi connectivity index (χ1v) is 8.37. The van der Waals surface area contributed by atoms with Crippen LogP contribution >= 0.6 is 0 Å². The summed E-state index contributed by atoms with van der Waals surface area (Å²) in [5, 5.41) is 3.71. The van der Waals surface area contributed by atoms with Gasteiger partial charge in [0, 0.05) is 56.6 Å². The van der Waals surface area contributed by atoms with E-state index in [1.807, 2.05) is 12.4 Å². The Morgan fingerprint density at radius 1 is 1.23 bits per heavy atom. The van der Waals surface area contributed by atoms with Gasteiger partial charge in [-0.2, -0.15) is 0 Å². The monoisotopic (exact) mass is 305 g/mol. The van der Waals surface area contributed by atoms with Crippen molar-refractivity contribution in [1.29, 1.82) is 0 Å². The summed E-state index contributed by atoms with van der Waals surface area (Å²) < 4.78 is 11.1. The standard InChI is InChI=1S/C17H27N3O2/c1-14(15-2-5-18-6-3-15)19-12-17(16-4-9-22-13-16)20-7-10-21-11-8-20/h2-3,5-6,14,16-17,19H,4,7-13H2,1H3/t14-,16+,17-/m0/s1. The third kappa shape index (κ3) is 4.04. The van der Waals surface area contributed by atoms with Gasteiger partial charge in [-0.15, -0.1) is 0 Å². The van der Waals surface area contributed by atoms with Gasteiger partial charge in [-0.25, -0.2) is 0 Å². The molecule has 22 heavy (non-hydrogen) atoms. The Labute approximate surface area is 133 Å². The lowest BCUT2D eigenvalue weighted by molar-refractivity contribution is 0.000912. The maximum Gasteiger partial charge on any atom is 0.0594 e. The molecule has 122 valence electrons. The molecule has 0 aliphatic carbocycles. The van der Waals surface area contributed by atoms with Gasteiger partial charge in [0.15, 0.2) is 0 Å². The molecule has 3 atom stereocenters. The van der Waals surface area contributed by atoms with Crippen molar-refractivity contribution >= 4 is 0 Å². The van der Waals surface area contributed by atoms with Crippen molar-refractivity contribution in [2.45, 2.75) is 25.4 Å². The van der Waals surface area contributed by atoms with Crippen LogP contribution in [0.15, 0.2) is 24.5 Å². The van der Waals surface area contributed by atoms with Gasteiger partial charge in [0.25, 0.3) is 0 Å². The number of hydrogen-bond donors (Lipinski definition) is 1. The number of ether oxygens (including phenoxy) is 2. The topological polar surface area (TPSA) is 46.6 Å². The quantitative estimate of drug-likeness (QED) is 0.862. The molecule has 1 aromatic heterocycles. The van der Waals surface area contributed by atoms with Crippen LogP contribution in [0.25, 0.3) is 0 Å². The second-order valence-corrected chi connectivity index (χ2v) is 6.25. The van der Waals surface area contributed by atoms with E-state index in [1.165, 1.54) is 12.0 Å². The smallest absolute Gasteiger partial charge is 0.0594 e. The first kappa shape index (κ1) is 15.9. The molecular formula is C17H27N3O2. The molecule has 0 spiro atoms. The number of morpholine rings is 1. The zero-order valence-corrected chi connectivity index (χ0v) is 13.4. The van der Waals surface area contributed by atoms with E-state index in [2.05, 4.69) is 34.3 Å². The molecule has 3 rings (SSSR count). The molecule has 2 aliphatic rings. The Hall–Kier alpha value is -1.01. The molecule has 2 saturated heterocycles. The maximum absolute atomic E-state index is 5.63. The van der Waals surface area contributed by atoms with Crippen molar-refractivity contribution < 1.29 is 9.47 Å². The Kier molecular flexibility index (Phi) is 5.78. The molecule has 0 saturated carbocycles. The Morgan fingerprint density at radius 2 is 2.00 bits per heavy atom. The van der Waals surface area contributed by atoms with Gasteiger partial charge in [-0.1, -0.05) is 0 Å². The van der Waals surface area contributed by atoms with E-state index in [-0.39, 0.29) is 0 Å². The van der Waals surface area contributed by atoms with Gasteiger partial charge >= 0.3 is 0 Å². The van der Waals surface area contributed by atoms with E-state index < -0.39 is 0 Å². The number of hydrogen-bond acceptors (Lipinski definition) is 5. The van der Waals surface area contributed by atoms with Gasteiger partial charge in [-0.05, 0) is 31.0 Å². The highest BCUT2D eigenvalue weighted by molar-refractivity contribution is 5.14. The van der Waals surface area contributed by atoms with Crippen molar-refractivity contribution in [2.75, 3.05) is 46.1 Å². The molecule has 1 N–H and O–H groups in total. The highest BCUT2D eigenvalue weighted by Gasteiger charge is 2.31. The second-order valence-electron chi connectivity index (χ2n) is 6.25. The first-order valence-electron chi connectivity index (χ1n) is 8.37. The van der Waals surface area contributed by atoms with Crippen LogP contribution in [-0.2, 0) is 9.47 Å². The summed E-state index contributed by atoms with van der Waals surface area (Å²) >= 11 is 0. The van der Waals surface area contributed by atoms with E-state index in [9.17, 15) is 0 Å². The molecular weight excluding hydrogens is 278 g/mol. The van der Waals surface area contributed by atoms with Crippen LogP contribution in [0, 0.1) is 5.92 Å². The summed E-state index contributed by atoms with van der Waals surface area (Å²) in [5.41, 5.74) is 1.29. The number of pyridine rings is 1. The number of aromatic nitrogens is 1. The summed E-state index contributed by atoms with van der Waals surface area (Å²) in [7, 11) is 0. The zero-order valence-electron chi connectivity index (χ0n) is 13.4. The van der Waals surface area contributed by atoms with Crippen LogP contribution < -0.4 is 5.32 Å². The molecule has 0 aromatic carbocycles. The fraction of sp³-hybridized carbons (Fsp3) is 0.706. The number of nitrogens with zero attached hydrogens (tertiary/aromatic N) is 2. The van der Waals surface area contributed by atoms with Crippen molar-refractivity contribution in [3.8, 4) is 0 Å². The van der Waals surface area contributed by atoms with Crippen molar-refractivity contribution in [2.24, 2.45) is 5.92 Å². The fourth-order valence-corrected chi connectivity index (χ4v) is 3.43. The van der Waals surface area contributed by atoms with Crippen molar-refractivity contribution in [1.82, 2.24) is 15.2 Å². The van der Waals surface area contributed by atoms with Gasteiger partial charge in [0.2, 0.25) is 0 Å². The minimum Gasteiger partial charge on any atom is -0.381 e. The lowest BCUT2D eigenvalue weighted by Crippen LogP contribution is -2.51. The fourth-order valence-electron chi connectivity index (χ4n) is 3.43. The lowest BCUT2D eigenvalue weighted by atomic mass is 9.96. The molecule has 0 radical (unpaired) electrons. The van der Waals surface area contributed by atoms with Crippen LogP contribution in [0.3, 0.4) is 0 Å². The average molecular weight is 305 g/mol. The number of rotatable bonds is 6. The summed E-state index contributed by atoms with van der Waals surface area (Å²) in [6, 6.07) is 5.05. The first-order chi connectivity index (χ1) is 10.8. The molecule has 2 fully saturated rings. The predicted molar refractivity (Wildman–Crippen MR) is 85.8 cm³/mol. The van der Waals surface area contributed by atoms with Gasteiger partial charge in [0.1, 0.15) is 0 Å². The van der Waals surface area contributed by atoms with E-state index in [1.54, 1.807) is 0 Å². The molecule has 2 aliphatic heterocycles. The number of nitrogens with one attached hydrogen (secondary N) is 1. The third-order valence-corrected chi connectivity index (χ3v) is 4.86. The normalized spacial score (nSPS) is 26.0. The highest BCUT2D eigenvalue weighted by atomic mass is 16.5. The van der Waals surface area contributed by atoms with Crippen LogP contribution in [0.1, 0.15) is 24.9 Å². The van der Waals surface area contributed by atoms with Gasteiger partial charge < -0.3 is 14.8 Å². The van der Waals surface area contributed by atoms with Crippen LogP contribution in [0.4, 0.5) is 0 Å². The van der Waals surface area contributed by atoms with Crippen molar-refractivity contribution in [3.63, 3.8) is 0 Å².